The molecule has 10 heavy (non-hydrogen) atoms. The van der Waals surface area contributed by atoms with Crippen molar-refractivity contribution < 1.29 is 0 Å². The standard InChI is InChI=1S/C6H11N2S2/c1-3-8(10-4-1)6-2-5-9-7-6/h3,6-7H,1-2,4-5H2. The molecule has 0 aliphatic carbocycles. The Labute approximate surface area is 70.4 Å². The van der Waals surface area contributed by atoms with Crippen LogP contribution in [-0.2, 0) is 0 Å². The summed E-state index contributed by atoms with van der Waals surface area (Å²) in [5.41, 5.74) is 0. The van der Waals surface area contributed by atoms with E-state index in [-0.39, 0.29) is 0 Å². The second-order valence-corrected chi connectivity index (χ2v) is 4.46. The summed E-state index contributed by atoms with van der Waals surface area (Å²) in [4.78, 5) is 0. The van der Waals surface area contributed by atoms with Gasteiger partial charge in [-0.2, -0.15) is 0 Å². The Kier molecular flexibility index (Phi) is 2.43. The van der Waals surface area contributed by atoms with Gasteiger partial charge in [0.25, 0.3) is 0 Å². The van der Waals surface area contributed by atoms with Gasteiger partial charge in [0.15, 0.2) is 0 Å². The Bertz CT molecular complexity index is 94.3. The van der Waals surface area contributed by atoms with Crippen LogP contribution in [0.25, 0.3) is 0 Å². The molecule has 57 valence electrons. The first-order valence-electron chi connectivity index (χ1n) is 3.59. The van der Waals surface area contributed by atoms with Crippen molar-refractivity contribution in [3.8, 4) is 0 Å². The van der Waals surface area contributed by atoms with E-state index < -0.39 is 0 Å². The van der Waals surface area contributed by atoms with E-state index in [1.54, 1.807) is 0 Å². The smallest absolute Gasteiger partial charge is 0.0800 e. The molecule has 0 aromatic carbocycles. The first-order valence-corrected chi connectivity index (χ1v) is 5.51. The molecule has 2 saturated heterocycles. The second-order valence-electron chi connectivity index (χ2n) is 2.44. The average Bonchev–Trinajstić information content (AvgIpc) is 2.59. The lowest BCUT2D eigenvalue weighted by molar-refractivity contribution is 0.405. The van der Waals surface area contributed by atoms with Crippen LogP contribution in [0.1, 0.15) is 12.8 Å². The van der Waals surface area contributed by atoms with Crippen molar-refractivity contribution in [2.24, 2.45) is 0 Å². The van der Waals surface area contributed by atoms with Crippen LogP contribution in [-0.4, -0.2) is 22.0 Å². The Morgan fingerprint density at radius 1 is 1.50 bits per heavy atom. The third-order valence-electron chi connectivity index (χ3n) is 1.69. The van der Waals surface area contributed by atoms with Gasteiger partial charge in [0.1, 0.15) is 0 Å². The van der Waals surface area contributed by atoms with E-state index in [0.29, 0.717) is 6.17 Å². The quantitative estimate of drug-likeness (QED) is 0.607. The third kappa shape index (κ3) is 1.44. The van der Waals surface area contributed by atoms with Crippen LogP contribution >= 0.6 is 23.9 Å². The summed E-state index contributed by atoms with van der Waals surface area (Å²) >= 11 is 3.79. The van der Waals surface area contributed by atoms with E-state index in [2.05, 4.69) is 15.6 Å². The summed E-state index contributed by atoms with van der Waals surface area (Å²) in [7, 11) is 0. The predicted molar refractivity (Wildman–Crippen MR) is 47.2 cm³/mol. The van der Waals surface area contributed by atoms with Crippen LogP contribution in [0.3, 0.4) is 0 Å². The molecular weight excluding hydrogens is 164 g/mol. The fourth-order valence-corrected chi connectivity index (χ4v) is 3.09. The van der Waals surface area contributed by atoms with Crippen LogP contribution in [0.4, 0.5) is 0 Å². The number of nitrogens with one attached hydrogen (secondary N) is 1. The first-order chi connectivity index (χ1) is 4.97. The Balaban J connectivity index is 1.85. The van der Waals surface area contributed by atoms with Crippen molar-refractivity contribution in [1.82, 2.24) is 9.03 Å². The van der Waals surface area contributed by atoms with Gasteiger partial charge in [-0.15, -0.1) is 0 Å². The largest absolute Gasteiger partial charge is 0.247 e. The van der Waals surface area contributed by atoms with E-state index in [9.17, 15) is 0 Å². The zero-order valence-electron chi connectivity index (χ0n) is 5.75. The van der Waals surface area contributed by atoms with E-state index >= 15 is 0 Å². The fraction of sp³-hybridized carbons (Fsp3) is 0.833. The molecule has 0 bridgehead atoms. The van der Waals surface area contributed by atoms with Gasteiger partial charge in [0.05, 0.1) is 6.17 Å². The highest BCUT2D eigenvalue weighted by Gasteiger charge is 2.25. The topological polar surface area (TPSA) is 15.3 Å². The highest BCUT2D eigenvalue weighted by Crippen LogP contribution is 2.30. The fourth-order valence-electron chi connectivity index (χ4n) is 1.17. The monoisotopic (exact) mass is 175 g/mol. The van der Waals surface area contributed by atoms with Crippen LogP contribution < -0.4 is 4.72 Å². The number of hydrogen-bond acceptors (Lipinski definition) is 4. The number of nitrogens with zero attached hydrogens (tertiary/aromatic N) is 1. The SMILES string of the molecule is [CH]1CCSN1C1CCSN1. The summed E-state index contributed by atoms with van der Waals surface area (Å²) in [5, 5.41) is 0. The van der Waals surface area contributed by atoms with Crippen LogP contribution in [0.5, 0.6) is 0 Å². The van der Waals surface area contributed by atoms with Crippen molar-refractivity contribution in [2.75, 3.05) is 11.5 Å². The van der Waals surface area contributed by atoms with Crippen molar-refractivity contribution >= 4 is 23.9 Å². The lowest BCUT2D eigenvalue weighted by Crippen LogP contribution is -2.31. The molecule has 1 unspecified atom stereocenters. The van der Waals surface area contributed by atoms with Crippen molar-refractivity contribution in [3.63, 3.8) is 0 Å². The van der Waals surface area contributed by atoms with E-state index in [1.165, 1.54) is 24.3 Å². The van der Waals surface area contributed by atoms with Crippen molar-refractivity contribution in [1.29, 1.82) is 0 Å². The third-order valence-corrected chi connectivity index (χ3v) is 3.69. The number of hydrogen-bond donors (Lipinski definition) is 1. The van der Waals surface area contributed by atoms with Crippen molar-refractivity contribution in [2.45, 2.75) is 19.0 Å². The minimum atomic E-state index is 0.609. The van der Waals surface area contributed by atoms with Gasteiger partial charge in [-0.1, -0.05) is 23.9 Å². The molecule has 0 spiro atoms. The van der Waals surface area contributed by atoms with Crippen LogP contribution in [0.2, 0.25) is 0 Å². The molecule has 2 aliphatic heterocycles. The molecular formula is C6H11N2S2. The number of rotatable bonds is 1. The van der Waals surface area contributed by atoms with Gasteiger partial charge in [-0.3, -0.25) is 0 Å². The molecule has 2 rings (SSSR count). The van der Waals surface area contributed by atoms with E-state index in [1.807, 2.05) is 23.9 Å². The summed E-state index contributed by atoms with van der Waals surface area (Å²) in [5.74, 6) is 2.53. The molecule has 1 radical (unpaired) electrons. The Morgan fingerprint density at radius 2 is 2.50 bits per heavy atom. The molecule has 2 nitrogen and oxygen atoms in total. The molecule has 0 aromatic heterocycles. The molecule has 4 heteroatoms. The van der Waals surface area contributed by atoms with Gasteiger partial charge in [-0.05, 0) is 12.8 Å². The van der Waals surface area contributed by atoms with Gasteiger partial charge in [-0.25, -0.2) is 9.03 Å². The first kappa shape index (κ1) is 7.28. The lowest BCUT2D eigenvalue weighted by Gasteiger charge is -2.19. The summed E-state index contributed by atoms with van der Waals surface area (Å²) in [6, 6.07) is 0. The average molecular weight is 175 g/mol. The molecule has 1 N–H and O–H groups in total. The summed E-state index contributed by atoms with van der Waals surface area (Å²) in [6.45, 7) is 2.30. The van der Waals surface area contributed by atoms with Gasteiger partial charge < -0.3 is 0 Å². The summed E-state index contributed by atoms with van der Waals surface area (Å²) < 4.78 is 5.75. The molecule has 2 fully saturated rings. The Hall–Kier alpha value is 0.620. The second kappa shape index (κ2) is 3.34. The highest BCUT2D eigenvalue weighted by atomic mass is 32.2. The molecule has 0 saturated carbocycles. The van der Waals surface area contributed by atoms with Gasteiger partial charge in [0.2, 0.25) is 0 Å². The maximum Gasteiger partial charge on any atom is 0.0800 e. The molecule has 0 amide bonds. The van der Waals surface area contributed by atoms with Crippen LogP contribution in [0.15, 0.2) is 0 Å². The van der Waals surface area contributed by atoms with Crippen molar-refractivity contribution in [3.05, 3.63) is 6.54 Å². The van der Waals surface area contributed by atoms with E-state index in [0.717, 1.165) is 0 Å². The predicted octanol–water partition coefficient (Wildman–Crippen LogP) is 1.47. The molecule has 2 heterocycles. The highest BCUT2D eigenvalue weighted by molar-refractivity contribution is 7.98. The lowest BCUT2D eigenvalue weighted by atomic mass is 10.3. The molecule has 0 aromatic rings. The zero-order valence-corrected chi connectivity index (χ0v) is 7.38. The minimum Gasteiger partial charge on any atom is -0.247 e. The van der Waals surface area contributed by atoms with Gasteiger partial charge in [0, 0.05) is 18.1 Å². The van der Waals surface area contributed by atoms with Crippen LogP contribution in [0, 0.1) is 6.54 Å². The van der Waals surface area contributed by atoms with E-state index in [4.69, 9.17) is 0 Å². The maximum atomic E-state index is 3.39. The van der Waals surface area contributed by atoms with Gasteiger partial charge >= 0.3 is 0 Å². The molecule has 1 atom stereocenters. The maximum absolute atomic E-state index is 3.39. The summed E-state index contributed by atoms with van der Waals surface area (Å²) in [6.07, 6.45) is 3.14. The normalized spacial score (nSPS) is 35.4. The molecule has 2 aliphatic rings. The zero-order chi connectivity index (χ0) is 6.81. The Morgan fingerprint density at radius 3 is 3.10 bits per heavy atom. The minimum absolute atomic E-state index is 0.609.